The molecule has 78 valence electrons. The van der Waals surface area contributed by atoms with Crippen molar-refractivity contribution in [2.24, 2.45) is 0 Å². The van der Waals surface area contributed by atoms with Crippen molar-refractivity contribution in [1.82, 2.24) is 0 Å². The summed E-state index contributed by atoms with van der Waals surface area (Å²) in [6, 6.07) is 12.5. The molecule has 1 heteroatoms. The van der Waals surface area contributed by atoms with Gasteiger partial charge in [-0.2, -0.15) is 0 Å². The Hall–Kier alpha value is -1.50. The maximum Gasteiger partial charge on any atom is 0.104 e. The number of hydrogen-bond acceptors (Lipinski definition) is 1. The Bertz CT molecular complexity index is 400. The first-order valence-corrected chi connectivity index (χ1v) is 5.53. The zero-order valence-electron chi connectivity index (χ0n) is 9.07. The summed E-state index contributed by atoms with van der Waals surface area (Å²) in [7, 11) is 0. The van der Waals surface area contributed by atoms with Crippen molar-refractivity contribution < 1.29 is 4.42 Å². The minimum atomic E-state index is 1.04. The summed E-state index contributed by atoms with van der Waals surface area (Å²) in [5, 5.41) is 0. The Balaban J connectivity index is 2.14. The molecule has 0 amide bonds. The fourth-order valence-corrected chi connectivity index (χ4v) is 1.64. The third-order valence-electron chi connectivity index (χ3n) is 2.54. The monoisotopic (exact) mass is 200 g/mol. The van der Waals surface area contributed by atoms with Crippen molar-refractivity contribution in [3.8, 4) is 11.1 Å². The molecule has 0 aliphatic rings. The van der Waals surface area contributed by atoms with Gasteiger partial charge in [0.15, 0.2) is 0 Å². The summed E-state index contributed by atoms with van der Waals surface area (Å²) in [6.45, 7) is 2.20. The normalized spacial score (nSPS) is 10.5. The largest absolute Gasteiger partial charge is 0.469 e. The predicted molar refractivity (Wildman–Crippen MR) is 62.8 cm³/mol. The molecule has 1 heterocycles. The third-order valence-corrected chi connectivity index (χ3v) is 2.54. The van der Waals surface area contributed by atoms with Crippen LogP contribution in [0.2, 0.25) is 0 Å². The van der Waals surface area contributed by atoms with Crippen LogP contribution in [0.5, 0.6) is 0 Å². The van der Waals surface area contributed by atoms with E-state index in [4.69, 9.17) is 4.42 Å². The molecule has 0 N–H and O–H groups in total. The molecule has 0 bridgehead atoms. The highest BCUT2D eigenvalue weighted by atomic mass is 16.3. The Morgan fingerprint density at radius 1 is 1.07 bits per heavy atom. The van der Waals surface area contributed by atoms with E-state index in [-0.39, 0.29) is 0 Å². The molecular formula is C14H16O. The highest BCUT2D eigenvalue weighted by molar-refractivity contribution is 5.62. The minimum absolute atomic E-state index is 1.04. The highest BCUT2D eigenvalue weighted by Gasteiger charge is 2.02. The molecule has 0 unspecified atom stereocenters. The van der Waals surface area contributed by atoms with Crippen LogP contribution in [0.4, 0.5) is 0 Å². The van der Waals surface area contributed by atoms with Crippen molar-refractivity contribution in [2.75, 3.05) is 0 Å². The van der Waals surface area contributed by atoms with Gasteiger partial charge in [0.05, 0.1) is 6.26 Å². The lowest BCUT2D eigenvalue weighted by Gasteiger charge is -1.93. The molecule has 0 spiro atoms. The van der Waals surface area contributed by atoms with Crippen LogP contribution in [0.15, 0.2) is 47.1 Å². The molecule has 15 heavy (non-hydrogen) atoms. The molecule has 0 saturated heterocycles. The van der Waals surface area contributed by atoms with E-state index >= 15 is 0 Å². The van der Waals surface area contributed by atoms with Crippen LogP contribution in [0.1, 0.15) is 25.5 Å². The highest BCUT2D eigenvalue weighted by Crippen LogP contribution is 2.22. The van der Waals surface area contributed by atoms with Gasteiger partial charge in [-0.25, -0.2) is 0 Å². The Labute approximate surface area is 90.7 Å². The van der Waals surface area contributed by atoms with E-state index in [1.807, 2.05) is 24.5 Å². The average molecular weight is 200 g/mol. The van der Waals surface area contributed by atoms with Gasteiger partial charge in [-0.05, 0) is 18.1 Å². The number of rotatable bonds is 4. The maximum atomic E-state index is 5.52. The quantitative estimate of drug-likeness (QED) is 0.717. The first kappa shape index (κ1) is 10.0. The molecule has 2 aromatic rings. The third kappa shape index (κ3) is 2.50. The number of hydrogen-bond donors (Lipinski definition) is 0. The van der Waals surface area contributed by atoms with E-state index in [0.717, 1.165) is 12.2 Å². The van der Waals surface area contributed by atoms with E-state index in [0.29, 0.717) is 0 Å². The van der Waals surface area contributed by atoms with E-state index in [2.05, 4.69) is 25.1 Å². The molecule has 0 aliphatic heterocycles. The Morgan fingerprint density at radius 2 is 1.87 bits per heavy atom. The van der Waals surface area contributed by atoms with E-state index in [1.54, 1.807) is 0 Å². The standard InChI is InChI=1S/C14H16O/c1-2-3-9-14-10-13(11-15-14)12-7-5-4-6-8-12/h4-8,10-11H,2-3,9H2,1H3. The van der Waals surface area contributed by atoms with Gasteiger partial charge in [0, 0.05) is 12.0 Å². The molecule has 0 radical (unpaired) electrons. The summed E-state index contributed by atoms with van der Waals surface area (Å²) in [5.74, 6) is 1.09. The van der Waals surface area contributed by atoms with Gasteiger partial charge in [-0.15, -0.1) is 0 Å². The van der Waals surface area contributed by atoms with Crippen LogP contribution in [0, 0.1) is 0 Å². The molecule has 2 rings (SSSR count). The Morgan fingerprint density at radius 3 is 2.60 bits per heavy atom. The molecule has 1 nitrogen and oxygen atoms in total. The van der Waals surface area contributed by atoms with Crippen molar-refractivity contribution in [3.05, 3.63) is 48.4 Å². The minimum Gasteiger partial charge on any atom is -0.469 e. The van der Waals surface area contributed by atoms with Gasteiger partial charge in [0.2, 0.25) is 0 Å². The summed E-state index contributed by atoms with van der Waals surface area (Å²) in [4.78, 5) is 0. The molecule has 0 saturated carbocycles. The lowest BCUT2D eigenvalue weighted by molar-refractivity contribution is 0.501. The zero-order chi connectivity index (χ0) is 10.5. The molecule has 1 aromatic heterocycles. The summed E-state index contributed by atoms with van der Waals surface area (Å²) in [6.07, 6.45) is 5.30. The number of aryl methyl sites for hydroxylation is 1. The van der Waals surface area contributed by atoms with Gasteiger partial charge in [0.1, 0.15) is 5.76 Å². The van der Waals surface area contributed by atoms with Crippen LogP contribution in [-0.4, -0.2) is 0 Å². The first-order valence-electron chi connectivity index (χ1n) is 5.53. The molecule has 0 fully saturated rings. The SMILES string of the molecule is CCCCc1cc(-c2ccccc2)co1. The van der Waals surface area contributed by atoms with Gasteiger partial charge < -0.3 is 4.42 Å². The lowest BCUT2D eigenvalue weighted by atomic mass is 10.1. The molecule has 0 aliphatic carbocycles. The topological polar surface area (TPSA) is 13.1 Å². The van der Waals surface area contributed by atoms with E-state index in [9.17, 15) is 0 Å². The van der Waals surface area contributed by atoms with Crippen molar-refractivity contribution in [2.45, 2.75) is 26.2 Å². The summed E-state index contributed by atoms with van der Waals surface area (Å²) in [5.41, 5.74) is 2.41. The number of unbranched alkanes of at least 4 members (excludes halogenated alkanes) is 1. The predicted octanol–water partition coefficient (Wildman–Crippen LogP) is 4.29. The van der Waals surface area contributed by atoms with Crippen LogP contribution in [0.25, 0.3) is 11.1 Å². The van der Waals surface area contributed by atoms with Gasteiger partial charge in [0.25, 0.3) is 0 Å². The van der Waals surface area contributed by atoms with Crippen LogP contribution >= 0.6 is 0 Å². The molecular weight excluding hydrogens is 184 g/mol. The number of benzene rings is 1. The zero-order valence-corrected chi connectivity index (χ0v) is 9.07. The first-order chi connectivity index (χ1) is 7.40. The van der Waals surface area contributed by atoms with Crippen molar-refractivity contribution >= 4 is 0 Å². The van der Waals surface area contributed by atoms with Gasteiger partial charge >= 0.3 is 0 Å². The van der Waals surface area contributed by atoms with Crippen LogP contribution in [0.3, 0.4) is 0 Å². The molecule has 1 aromatic carbocycles. The fraction of sp³-hybridized carbons (Fsp3) is 0.286. The molecule has 0 atom stereocenters. The number of furan rings is 1. The second-order valence-corrected chi connectivity index (χ2v) is 3.77. The van der Waals surface area contributed by atoms with Crippen LogP contribution < -0.4 is 0 Å². The van der Waals surface area contributed by atoms with Crippen molar-refractivity contribution in [3.63, 3.8) is 0 Å². The van der Waals surface area contributed by atoms with Crippen LogP contribution in [-0.2, 0) is 6.42 Å². The van der Waals surface area contributed by atoms with E-state index < -0.39 is 0 Å². The van der Waals surface area contributed by atoms with Gasteiger partial charge in [-0.3, -0.25) is 0 Å². The Kier molecular flexibility index (Phi) is 3.23. The fourth-order valence-electron chi connectivity index (χ4n) is 1.64. The van der Waals surface area contributed by atoms with Gasteiger partial charge in [-0.1, -0.05) is 43.7 Å². The smallest absolute Gasteiger partial charge is 0.104 e. The van der Waals surface area contributed by atoms with Crippen molar-refractivity contribution in [1.29, 1.82) is 0 Å². The summed E-state index contributed by atoms with van der Waals surface area (Å²) >= 11 is 0. The lowest BCUT2D eigenvalue weighted by Crippen LogP contribution is -1.78. The second kappa shape index (κ2) is 4.83. The second-order valence-electron chi connectivity index (χ2n) is 3.77. The average Bonchev–Trinajstić information content (AvgIpc) is 2.76. The summed E-state index contributed by atoms with van der Waals surface area (Å²) < 4.78 is 5.52. The van der Waals surface area contributed by atoms with E-state index in [1.165, 1.54) is 24.0 Å². The maximum absolute atomic E-state index is 5.52.